The van der Waals surface area contributed by atoms with Gasteiger partial charge in [0, 0.05) is 31.7 Å². The second kappa shape index (κ2) is 6.65. The average molecular weight is 282 g/mol. The number of hydrogen-bond donors (Lipinski definition) is 1. The third-order valence-corrected chi connectivity index (χ3v) is 2.96. The lowest BCUT2D eigenvalue weighted by Crippen LogP contribution is -2.17. The fraction of sp³-hybridized carbons (Fsp3) is 0.188. The summed E-state index contributed by atoms with van der Waals surface area (Å²) in [6.45, 7) is 1.87. The van der Waals surface area contributed by atoms with Gasteiger partial charge in [-0.15, -0.1) is 0 Å². The molecule has 0 saturated heterocycles. The highest BCUT2D eigenvalue weighted by Crippen LogP contribution is 2.10. The molecule has 1 aromatic heterocycles. The zero-order valence-corrected chi connectivity index (χ0v) is 12.4. The molecular weight excluding hydrogens is 264 g/mol. The Morgan fingerprint density at radius 3 is 2.48 bits per heavy atom. The van der Waals surface area contributed by atoms with Crippen LogP contribution < -0.4 is 10.3 Å². The average Bonchev–Trinajstić information content (AvgIpc) is 2.48. The number of amides is 1. The van der Waals surface area contributed by atoms with Crippen LogP contribution >= 0.6 is 0 Å². The van der Waals surface area contributed by atoms with Crippen LogP contribution in [0.5, 0.6) is 0 Å². The second-order valence-corrected chi connectivity index (χ2v) is 4.87. The monoisotopic (exact) mass is 282 g/mol. The molecule has 5 nitrogen and oxygen atoms in total. The number of carbonyl (C=O) groups is 1. The fourth-order valence-electron chi connectivity index (χ4n) is 1.69. The van der Waals surface area contributed by atoms with E-state index in [0.717, 1.165) is 16.9 Å². The first kappa shape index (κ1) is 14.7. The number of pyridine rings is 1. The molecule has 2 rings (SSSR count). The molecule has 1 N–H and O–H groups in total. The number of hydrogen-bond acceptors (Lipinski definition) is 4. The minimum atomic E-state index is -0.274. The van der Waals surface area contributed by atoms with E-state index in [-0.39, 0.29) is 5.91 Å². The van der Waals surface area contributed by atoms with Gasteiger partial charge in [0.05, 0.1) is 11.8 Å². The summed E-state index contributed by atoms with van der Waals surface area (Å²) in [7, 11) is 3.97. The zero-order valence-electron chi connectivity index (χ0n) is 12.4. The van der Waals surface area contributed by atoms with Gasteiger partial charge in [-0.05, 0) is 36.8 Å². The van der Waals surface area contributed by atoms with Gasteiger partial charge in [0.1, 0.15) is 0 Å². The lowest BCUT2D eigenvalue weighted by molar-refractivity contribution is 0.0955. The topological polar surface area (TPSA) is 57.6 Å². The van der Waals surface area contributed by atoms with Crippen LogP contribution in [0.25, 0.3) is 0 Å². The Morgan fingerprint density at radius 2 is 1.90 bits per heavy atom. The first-order valence-corrected chi connectivity index (χ1v) is 6.60. The molecule has 108 valence electrons. The van der Waals surface area contributed by atoms with Crippen molar-refractivity contribution in [1.82, 2.24) is 10.4 Å². The third kappa shape index (κ3) is 4.14. The summed E-state index contributed by atoms with van der Waals surface area (Å²) >= 11 is 0. The van der Waals surface area contributed by atoms with Crippen molar-refractivity contribution < 1.29 is 4.79 Å². The Kier molecular flexibility index (Phi) is 4.66. The van der Waals surface area contributed by atoms with Gasteiger partial charge >= 0.3 is 0 Å². The maximum atomic E-state index is 11.8. The lowest BCUT2D eigenvalue weighted by atomic mass is 10.2. The molecule has 1 aromatic carbocycles. The smallest absolute Gasteiger partial charge is 0.272 e. The van der Waals surface area contributed by atoms with Gasteiger partial charge in [-0.1, -0.05) is 12.1 Å². The molecule has 1 heterocycles. The van der Waals surface area contributed by atoms with Gasteiger partial charge < -0.3 is 4.90 Å². The minimum Gasteiger partial charge on any atom is -0.378 e. The molecular formula is C16H18N4O. The first-order chi connectivity index (χ1) is 10.1. The first-order valence-electron chi connectivity index (χ1n) is 6.60. The normalized spacial score (nSPS) is 10.6. The summed E-state index contributed by atoms with van der Waals surface area (Å²) in [5.74, 6) is -0.274. The highest BCUT2D eigenvalue weighted by atomic mass is 16.2. The Labute approximate surface area is 124 Å². The van der Waals surface area contributed by atoms with E-state index in [4.69, 9.17) is 0 Å². The van der Waals surface area contributed by atoms with E-state index >= 15 is 0 Å². The number of hydrazone groups is 1. The molecule has 0 radical (unpaired) electrons. The standard InChI is InChI=1S/C16H18N4O/c1-12-4-7-14(11-17-12)16(21)19-18-10-13-5-8-15(9-6-13)20(2)3/h4-11H,1-3H3,(H,19,21). The van der Waals surface area contributed by atoms with Crippen LogP contribution in [-0.2, 0) is 0 Å². The zero-order chi connectivity index (χ0) is 15.2. The Balaban J connectivity index is 1.95. The van der Waals surface area contributed by atoms with E-state index in [2.05, 4.69) is 15.5 Å². The van der Waals surface area contributed by atoms with Crippen LogP contribution in [-0.4, -0.2) is 31.2 Å². The molecule has 5 heteroatoms. The van der Waals surface area contributed by atoms with Crippen molar-refractivity contribution >= 4 is 17.8 Å². The summed E-state index contributed by atoms with van der Waals surface area (Å²) in [6, 6.07) is 11.4. The summed E-state index contributed by atoms with van der Waals surface area (Å²) in [6.07, 6.45) is 3.14. The number of benzene rings is 1. The van der Waals surface area contributed by atoms with Crippen molar-refractivity contribution in [3.05, 3.63) is 59.4 Å². The molecule has 1 amide bonds. The molecule has 0 aliphatic rings. The summed E-state index contributed by atoms with van der Waals surface area (Å²) in [5, 5.41) is 3.95. The predicted molar refractivity (Wildman–Crippen MR) is 84.8 cm³/mol. The maximum Gasteiger partial charge on any atom is 0.272 e. The highest BCUT2D eigenvalue weighted by molar-refractivity contribution is 5.94. The largest absolute Gasteiger partial charge is 0.378 e. The van der Waals surface area contributed by atoms with Crippen molar-refractivity contribution in [2.45, 2.75) is 6.92 Å². The molecule has 21 heavy (non-hydrogen) atoms. The lowest BCUT2D eigenvalue weighted by Gasteiger charge is -2.11. The van der Waals surface area contributed by atoms with Crippen LogP contribution in [0.1, 0.15) is 21.6 Å². The van der Waals surface area contributed by atoms with Gasteiger partial charge in [0.15, 0.2) is 0 Å². The van der Waals surface area contributed by atoms with E-state index in [0.29, 0.717) is 5.56 Å². The quantitative estimate of drug-likeness (QED) is 0.691. The SMILES string of the molecule is Cc1ccc(C(=O)NN=Cc2ccc(N(C)C)cc2)cn1. The fourth-order valence-corrected chi connectivity index (χ4v) is 1.69. The van der Waals surface area contributed by atoms with Crippen LogP contribution in [0.4, 0.5) is 5.69 Å². The Morgan fingerprint density at radius 1 is 1.19 bits per heavy atom. The summed E-state index contributed by atoms with van der Waals surface area (Å²) in [5.41, 5.74) is 5.87. The van der Waals surface area contributed by atoms with Crippen molar-refractivity contribution in [3.8, 4) is 0 Å². The van der Waals surface area contributed by atoms with Crippen molar-refractivity contribution in [3.63, 3.8) is 0 Å². The van der Waals surface area contributed by atoms with Crippen LogP contribution in [0.2, 0.25) is 0 Å². The van der Waals surface area contributed by atoms with Crippen LogP contribution in [0, 0.1) is 6.92 Å². The summed E-state index contributed by atoms with van der Waals surface area (Å²) < 4.78 is 0. The van der Waals surface area contributed by atoms with Crippen molar-refractivity contribution in [2.75, 3.05) is 19.0 Å². The maximum absolute atomic E-state index is 11.8. The molecule has 0 bridgehead atoms. The van der Waals surface area contributed by atoms with E-state index < -0.39 is 0 Å². The number of aromatic nitrogens is 1. The van der Waals surface area contributed by atoms with Crippen LogP contribution in [0.3, 0.4) is 0 Å². The van der Waals surface area contributed by atoms with Gasteiger partial charge in [-0.2, -0.15) is 5.10 Å². The molecule has 0 atom stereocenters. The van der Waals surface area contributed by atoms with Crippen LogP contribution in [0.15, 0.2) is 47.7 Å². The van der Waals surface area contributed by atoms with E-state index in [9.17, 15) is 4.79 Å². The van der Waals surface area contributed by atoms with Crippen molar-refractivity contribution in [2.24, 2.45) is 5.10 Å². The highest BCUT2D eigenvalue weighted by Gasteiger charge is 2.03. The van der Waals surface area contributed by atoms with Gasteiger partial charge in [-0.3, -0.25) is 9.78 Å². The molecule has 0 fully saturated rings. The molecule has 0 aliphatic heterocycles. The Bertz CT molecular complexity index is 630. The molecule has 0 saturated carbocycles. The number of nitrogens with zero attached hydrogens (tertiary/aromatic N) is 3. The van der Waals surface area contributed by atoms with E-state index in [1.54, 1.807) is 18.3 Å². The second-order valence-electron chi connectivity index (χ2n) is 4.87. The molecule has 2 aromatic rings. The number of aryl methyl sites for hydroxylation is 1. The van der Waals surface area contributed by atoms with E-state index in [1.165, 1.54) is 6.20 Å². The van der Waals surface area contributed by atoms with Crippen molar-refractivity contribution in [1.29, 1.82) is 0 Å². The molecule has 0 aliphatic carbocycles. The summed E-state index contributed by atoms with van der Waals surface area (Å²) in [4.78, 5) is 17.9. The number of carbonyl (C=O) groups excluding carboxylic acids is 1. The molecule has 0 unspecified atom stereocenters. The minimum absolute atomic E-state index is 0.274. The van der Waals surface area contributed by atoms with Gasteiger partial charge in [-0.25, -0.2) is 5.43 Å². The van der Waals surface area contributed by atoms with Gasteiger partial charge in [0.25, 0.3) is 5.91 Å². The molecule has 0 spiro atoms. The van der Waals surface area contributed by atoms with E-state index in [1.807, 2.05) is 50.2 Å². The number of rotatable bonds is 4. The van der Waals surface area contributed by atoms with Gasteiger partial charge in [0.2, 0.25) is 0 Å². The third-order valence-electron chi connectivity index (χ3n) is 2.96. The number of anilines is 1. The Hall–Kier alpha value is -2.69. The predicted octanol–water partition coefficient (Wildman–Crippen LogP) is 2.22. The number of nitrogens with one attached hydrogen (secondary N) is 1.